The van der Waals surface area contributed by atoms with Crippen molar-refractivity contribution in [3.05, 3.63) is 45.3 Å². The van der Waals surface area contributed by atoms with Crippen LogP contribution in [0.15, 0.2) is 39.0 Å². The molecule has 0 N–H and O–H groups in total. The highest BCUT2D eigenvalue weighted by atomic mass is 79.9. The monoisotopic (exact) mass is 433 g/mol. The Morgan fingerprint density at radius 1 is 1.42 bits per heavy atom. The van der Waals surface area contributed by atoms with Crippen molar-refractivity contribution in [1.29, 1.82) is 0 Å². The standard InChI is InChI=1S/C17H16BrN5O2S/c18-12-7-14(26-10-12)17(24)23-5-1-2-11(9-23)6-15-21-16(22-25-15)13-8-19-3-4-20-13/h3-4,7-8,10-11H,1-2,5-6,9H2. The molecule has 0 aliphatic carbocycles. The third-order valence-electron chi connectivity index (χ3n) is 4.31. The Labute approximate surface area is 162 Å². The summed E-state index contributed by atoms with van der Waals surface area (Å²) in [6.07, 6.45) is 7.48. The van der Waals surface area contributed by atoms with Crippen LogP contribution in [-0.4, -0.2) is 44.0 Å². The van der Waals surface area contributed by atoms with Gasteiger partial charge in [0.15, 0.2) is 0 Å². The van der Waals surface area contributed by atoms with Crippen LogP contribution in [-0.2, 0) is 6.42 Å². The number of aromatic nitrogens is 4. The lowest BCUT2D eigenvalue weighted by Crippen LogP contribution is -2.40. The van der Waals surface area contributed by atoms with Crippen LogP contribution in [0.2, 0.25) is 0 Å². The second kappa shape index (κ2) is 7.63. The number of carbonyl (C=O) groups excluding carboxylic acids is 1. The van der Waals surface area contributed by atoms with Crippen molar-refractivity contribution < 1.29 is 9.32 Å². The topological polar surface area (TPSA) is 85.0 Å². The Morgan fingerprint density at radius 2 is 2.35 bits per heavy atom. The maximum absolute atomic E-state index is 12.6. The SMILES string of the molecule is O=C(c1cc(Br)cs1)N1CCCC(Cc2nc(-c3cnccn3)no2)C1. The summed E-state index contributed by atoms with van der Waals surface area (Å²) in [7, 11) is 0. The molecule has 1 unspecified atom stereocenters. The minimum atomic E-state index is 0.0937. The number of amides is 1. The average Bonchev–Trinajstić information content (AvgIpc) is 3.31. The lowest BCUT2D eigenvalue weighted by Gasteiger charge is -2.31. The Kier molecular flexibility index (Phi) is 5.07. The Morgan fingerprint density at radius 3 is 3.12 bits per heavy atom. The molecule has 4 heterocycles. The minimum Gasteiger partial charge on any atom is -0.339 e. The fourth-order valence-corrected chi connectivity index (χ4v) is 4.49. The molecule has 4 rings (SSSR count). The molecule has 9 heteroatoms. The van der Waals surface area contributed by atoms with Gasteiger partial charge in [-0.15, -0.1) is 11.3 Å². The van der Waals surface area contributed by atoms with Gasteiger partial charge in [0.2, 0.25) is 11.7 Å². The lowest BCUT2D eigenvalue weighted by molar-refractivity contribution is 0.0673. The van der Waals surface area contributed by atoms with E-state index in [2.05, 4.69) is 36.0 Å². The number of rotatable bonds is 4. The van der Waals surface area contributed by atoms with E-state index in [4.69, 9.17) is 4.52 Å². The van der Waals surface area contributed by atoms with E-state index >= 15 is 0 Å². The van der Waals surface area contributed by atoms with Gasteiger partial charge >= 0.3 is 0 Å². The quantitative estimate of drug-likeness (QED) is 0.626. The molecular weight excluding hydrogens is 418 g/mol. The zero-order valence-electron chi connectivity index (χ0n) is 13.8. The third-order valence-corrected chi connectivity index (χ3v) is 5.99. The van der Waals surface area contributed by atoms with Crippen LogP contribution in [0.4, 0.5) is 0 Å². The molecule has 3 aromatic heterocycles. The van der Waals surface area contributed by atoms with Crippen LogP contribution in [0.3, 0.4) is 0 Å². The van der Waals surface area contributed by atoms with Crippen molar-refractivity contribution in [2.45, 2.75) is 19.3 Å². The third kappa shape index (κ3) is 3.83. The number of piperidine rings is 1. The predicted molar refractivity (Wildman–Crippen MR) is 99.7 cm³/mol. The van der Waals surface area contributed by atoms with Crippen molar-refractivity contribution in [2.24, 2.45) is 5.92 Å². The summed E-state index contributed by atoms with van der Waals surface area (Å²) in [5.41, 5.74) is 0.589. The van der Waals surface area contributed by atoms with E-state index in [1.807, 2.05) is 16.3 Å². The first kappa shape index (κ1) is 17.3. The zero-order valence-corrected chi connectivity index (χ0v) is 16.2. The van der Waals surface area contributed by atoms with E-state index in [-0.39, 0.29) is 5.91 Å². The molecule has 134 valence electrons. The Balaban J connectivity index is 1.41. The van der Waals surface area contributed by atoms with Gasteiger partial charge in [0.1, 0.15) is 5.69 Å². The molecule has 0 spiro atoms. The molecule has 26 heavy (non-hydrogen) atoms. The number of likely N-dealkylation sites (tertiary alicyclic amines) is 1. The van der Waals surface area contributed by atoms with Crippen molar-refractivity contribution in [1.82, 2.24) is 25.0 Å². The van der Waals surface area contributed by atoms with Crippen LogP contribution in [0.5, 0.6) is 0 Å². The first-order valence-electron chi connectivity index (χ1n) is 8.31. The molecule has 1 atom stereocenters. The molecule has 0 saturated carbocycles. The first-order chi connectivity index (χ1) is 12.7. The largest absolute Gasteiger partial charge is 0.339 e. The molecule has 1 saturated heterocycles. The minimum absolute atomic E-state index is 0.0937. The zero-order chi connectivity index (χ0) is 17.9. The summed E-state index contributed by atoms with van der Waals surface area (Å²) in [4.78, 5) is 27.9. The lowest BCUT2D eigenvalue weighted by atomic mass is 9.94. The van der Waals surface area contributed by atoms with Gasteiger partial charge in [-0.25, -0.2) is 4.98 Å². The van der Waals surface area contributed by atoms with Gasteiger partial charge in [-0.3, -0.25) is 9.78 Å². The Hall–Kier alpha value is -2.13. The van der Waals surface area contributed by atoms with E-state index in [1.165, 1.54) is 11.3 Å². The van der Waals surface area contributed by atoms with Crippen molar-refractivity contribution in [3.63, 3.8) is 0 Å². The van der Waals surface area contributed by atoms with Gasteiger partial charge in [-0.05, 0) is 40.8 Å². The summed E-state index contributed by atoms with van der Waals surface area (Å²) < 4.78 is 6.32. The van der Waals surface area contributed by atoms with Gasteiger partial charge < -0.3 is 9.42 Å². The molecular formula is C17H16BrN5O2S. The van der Waals surface area contributed by atoms with Crippen LogP contribution in [0.25, 0.3) is 11.5 Å². The molecule has 0 radical (unpaired) electrons. The first-order valence-corrected chi connectivity index (χ1v) is 9.98. The number of thiophene rings is 1. The molecule has 1 aliphatic rings. The summed E-state index contributed by atoms with van der Waals surface area (Å²) in [6, 6.07) is 1.88. The van der Waals surface area contributed by atoms with E-state index < -0.39 is 0 Å². The smallest absolute Gasteiger partial charge is 0.263 e. The van der Waals surface area contributed by atoms with Crippen LogP contribution < -0.4 is 0 Å². The van der Waals surface area contributed by atoms with Gasteiger partial charge in [0, 0.05) is 41.8 Å². The fourth-order valence-electron chi connectivity index (χ4n) is 3.10. The summed E-state index contributed by atoms with van der Waals surface area (Å²) in [5.74, 6) is 1.42. The van der Waals surface area contributed by atoms with Crippen LogP contribution in [0, 0.1) is 5.92 Å². The molecule has 0 bridgehead atoms. The van der Waals surface area contributed by atoms with E-state index in [9.17, 15) is 4.79 Å². The van der Waals surface area contributed by atoms with Gasteiger partial charge in [0.05, 0.1) is 11.1 Å². The molecule has 0 aromatic carbocycles. The number of hydrogen-bond acceptors (Lipinski definition) is 7. The maximum atomic E-state index is 12.6. The molecule has 1 aliphatic heterocycles. The van der Waals surface area contributed by atoms with Crippen LogP contribution >= 0.6 is 27.3 Å². The highest BCUT2D eigenvalue weighted by molar-refractivity contribution is 9.10. The second-order valence-electron chi connectivity index (χ2n) is 6.20. The van der Waals surface area contributed by atoms with Crippen molar-refractivity contribution in [2.75, 3.05) is 13.1 Å². The van der Waals surface area contributed by atoms with E-state index in [0.29, 0.717) is 36.3 Å². The summed E-state index contributed by atoms with van der Waals surface area (Å²) in [5, 5.41) is 5.92. The average molecular weight is 434 g/mol. The second-order valence-corrected chi connectivity index (χ2v) is 8.02. The van der Waals surface area contributed by atoms with Crippen molar-refractivity contribution in [3.8, 4) is 11.5 Å². The molecule has 1 fully saturated rings. The number of carbonyl (C=O) groups is 1. The number of hydrogen-bond donors (Lipinski definition) is 0. The molecule has 1 amide bonds. The summed E-state index contributed by atoms with van der Waals surface area (Å²) >= 11 is 4.87. The maximum Gasteiger partial charge on any atom is 0.263 e. The predicted octanol–water partition coefficient (Wildman–Crippen LogP) is 3.45. The fraction of sp³-hybridized carbons (Fsp3) is 0.353. The molecule has 7 nitrogen and oxygen atoms in total. The highest BCUT2D eigenvalue weighted by Gasteiger charge is 2.27. The van der Waals surface area contributed by atoms with E-state index in [0.717, 1.165) is 28.7 Å². The van der Waals surface area contributed by atoms with Crippen molar-refractivity contribution >= 4 is 33.2 Å². The number of halogens is 1. The summed E-state index contributed by atoms with van der Waals surface area (Å²) in [6.45, 7) is 1.50. The van der Waals surface area contributed by atoms with Gasteiger partial charge in [-0.1, -0.05) is 5.16 Å². The normalized spacial score (nSPS) is 17.4. The van der Waals surface area contributed by atoms with Gasteiger partial charge in [0.25, 0.3) is 5.91 Å². The highest BCUT2D eigenvalue weighted by Crippen LogP contribution is 2.26. The Bertz CT molecular complexity index is 897. The molecule has 3 aromatic rings. The van der Waals surface area contributed by atoms with Crippen LogP contribution in [0.1, 0.15) is 28.4 Å². The van der Waals surface area contributed by atoms with E-state index in [1.54, 1.807) is 18.6 Å². The number of nitrogens with zero attached hydrogens (tertiary/aromatic N) is 5. The van der Waals surface area contributed by atoms with Gasteiger partial charge in [-0.2, -0.15) is 4.98 Å².